The van der Waals surface area contributed by atoms with Gasteiger partial charge in [-0.15, -0.1) is 0 Å². The standard InChI is InChI=1S/C74H144O17P2/c1-7-10-12-14-16-18-19-22-26-34-40-46-52-58-73(78)90-69(62-84-71(76)56-50-44-38-30-17-15-13-11-8-2)64-88-92(80,81)86-60-68(75)61-87-93(82,83)89-65-70(63-85-72(77)57-51-45-39-33-29-28-32-37-43-49-55-67(6)9-3)91-74(79)59-53-47-41-35-27-24-21-20-23-25-31-36-42-48-54-66(4)5/h66-70,75H,7-65H2,1-6H3,(H,80,81)(H,82,83)/t67?,68-,69+,70+/m0/s1. The van der Waals surface area contributed by atoms with Crippen molar-refractivity contribution in [2.24, 2.45) is 11.8 Å². The second kappa shape index (κ2) is 66.0. The summed E-state index contributed by atoms with van der Waals surface area (Å²) in [5.74, 6) is -0.513. The second-order valence-electron chi connectivity index (χ2n) is 27.4. The Balaban J connectivity index is 5.24. The van der Waals surface area contributed by atoms with Crippen molar-refractivity contribution in [3.05, 3.63) is 0 Å². The predicted octanol–water partition coefficient (Wildman–Crippen LogP) is 21.6. The molecule has 0 aromatic carbocycles. The van der Waals surface area contributed by atoms with Gasteiger partial charge in [0, 0.05) is 25.7 Å². The maximum absolute atomic E-state index is 13.1. The third kappa shape index (κ3) is 67.0. The molecule has 0 fully saturated rings. The molecule has 0 saturated carbocycles. The normalized spacial score (nSPS) is 14.3. The number of phosphoric ester groups is 2. The van der Waals surface area contributed by atoms with E-state index in [9.17, 15) is 43.2 Å². The maximum Gasteiger partial charge on any atom is 0.472 e. The van der Waals surface area contributed by atoms with Gasteiger partial charge in [0.1, 0.15) is 19.3 Å². The molecule has 0 aliphatic heterocycles. The van der Waals surface area contributed by atoms with Crippen molar-refractivity contribution in [2.45, 2.75) is 400 Å². The first-order valence-corrected chi connectivity index (χ1v) is 41.5. The highest BCUT2D eigenvalue weighted by Crippen LogP contribution is 2.45. The van der Waals surface area contributed by atoms with Gasteiger partial charge in [0.05, 0.1) is 26.4 Å². The Morgan fingerprint density at radius 1 is 0.312 bits per heavy atom. The lowest BCUT2D eigenvalue weighted by molar-refractivity contribution is -0.161. The molecule has 0 bridgehead atoms. The van der Waals surface area contributed by atoms with Gasteiger partial charge in [-0.2, -0.15) is 0 Å². The Morgan fingerprint density at radius 2 is 0.548 bits per heavy atom. The van der Waals surface area contributed by atoms with E-state index in [-0.39, 0.29) is 25.7 Å². The van der Waals surface area contributed by atoms with Crippen molar-refractivity contribution >= 4 is 39.5 Å². The number of unbranched alkanes of at least 4 members (excludes halogenated alkanes) is 42. The molecule has 0 aliphatic carbocycles. The van der Waals surface area contributed by atoms with E-state index in [1.807, 2.05) is 0 Å². The fraction of sp³-hybridized carbons (Fsp3) is 0.946. The van der Waals surface area contributed by atoms with Crippen LogP contribution in [0.15, 0.2) is 0 Å². The summed E-state index contributed by atoms with van der Waals surface area (Å²) in [6, 6.07) is 0. The average Bonchev–Trinajstić information content (AvgIpc) is 2.09. The van der Waals surface area contributed by atoms with Gasteiger partial charge in [0.25, 0.3) is 0 Å². The number of carbonyl (C=O) groups is 4. The van der Waals surface area contributed by atoms with E-state index >= 15 is 0 Å². The number of rotatable bonds is 73. The number of aliphatic hydroxyl groups is 1. The van der Waals surface area contributed by atoms with Crippen molar-refractivity contribution in [3.8, 4) is 0 Å². The van der Waals surface area contributed by atoms with Gasteiger partial charge in [-0.3, -0.25) is 37.3 Å². The molecule has 93 heavy (non-hydrogen) atoms. The number of esters is 4. The fourth-order valence-corrected chi connectivity index (χ4v) is 12.8. The quantitative estimate of drug-likeness (QED) is 0.0222. The molecular formula is C74H144O17P2. The summed E-state index contributed by atoms with van der Waals surface area (Å²) >= 11 is 0. The number of hydrogen-bond donors (Lipinski definition) is 3. The zero-order valence-electron chi connectivity index (χ0n) is 60.6. The van der Waals surface area contributed by atoms with Crippen LogP contribution in [0.5, 0.6) is 0 Å². The summed E-state index contributed by atoms with van der Waals surface area (Å²) in [5, 5.41) is 10.6. The molecule has 552 valence electrons. The Labute approximate surface area is 568 Å². The number of phosphoric acid groups is 2. The molecule has 0 spiro atoms. The second-order valence-corrected chi connectivity index (χ2v) is 30.3. The topological polar surface area (TPSA) is 237 Å². The lowest BCUT2D eigenvalue weighted by Gasteiger charge is -2.21. The van der Waals surface area contributed by atoms with E-state index < -0.39 is 97.5 Å². The minimum Gasteiger partial charge on any atom is -0.462 e. The molecule has 0 aliphatic rings. The van der Waals surface area contributed by atoms with Gasteiger partial charge in [0.15, 0.2) is 12.2 Å². The first-order chi connectivity index (χ1) is 44.9. The van der Waals surface area contributed by atoms with Crippen LogP contribution in [0.2, 0.25) is 0 Å². The van der Waals surface area contributed by atoms with Crippen molar-refractivity contribution in [1.82, 2.24) is 0 Å². The van der Waals surface area contributed by atoms with E-state index in [0.29, 0.717) is 25.7 Å². The van der Waals surface area contributed by atoms with Crippen LogP contribution in [-0.4, -0.2) is 96.7 Å². The van der Waals surface area contributed by atoms with Crippen LogP contribution < -0.4 is 0 Å². The van der Waals surface area contributed by atoms with Gasteiger partial charge in [-0.1, -0.05) is 330 Å². The number of carbonyl (C=O) groups excluding carboxylic acids is 4. The molecule has 0 radical (unpaired) electrons. The Morgan fingerprint density at radius 3 is 0.817 bits per heavy atom. The van der Waals surface area contributed by atoms with E-state index in [1.54, 1.807) is 0 Å². The molecule has 3 N–H and O–H groups in total. The SMILES string of the molecule is CCCCCCCCCCCCCCCC(=O)O[C@H](COC(=O)CCCCCCCCCCC)COP(=O)(O)OC[C@H](O)COP(=O)(O)OC[C@@H](COC(=O)CCCCCCCCCCCCC(C)CC)OC(=O)CCCCCCCCCCCCCCCCC(C)C. The Bertz CT molecular complexity index is 1810. The zero-order valence-corrected chi connectivity index (χ0v) is 62.3. The van der Waals surface area contributed by atoms with E-state index in [4.69, 9.17) is 37.0 Å². The minimum absolute atomic E-state index is 0.107. The van der Waals surface area contributed by atoms with Crippen molar-refractivity contribution in [3.63, 3.8) is 0 Å². The van der Waals surface area contributed by atoms with Gasteiger partial charge >= 0.3 is 39.5 Å². The monoisotopic (exact) mass is 1370 g/mol. The van der Waals surface area contributed by atoms with E-state index in [0.717, 1.165) is 102 Å². The van der Waals surface area contributed by atoms with Crippen LogP contribution in [0.3, 0.4) is 0 Å². The van der Waals surface area contributed by atoms with Crippen molar-refractivity contribution in [2.75, 3.05) is 39.6 Å². The Kier molecular flexibility index (Phi) is 64.6. The number of ether oxygens (including phenoxy) is 4. The van der Waals surface area contributed by atoms with Crippen LogP contribution in [0.4, 0.5) is 0 Å². The van der Waals surface area contributed by atoms with Gasteiger partial charge < -0.3 is 33.8 Å². The molecule has 0 aromatic heterocycles. The molecule has 19 heteroatoms. The fourth-order valence-electron chi connectivity index (χ4n) is 11.3. The minimum atomic E-state index is -4.96. The first kappa shape index (κ1) is 91.1. The molecule has 17 nitrogen and oxygen atoms in total. The van der Waals surface area contributed by atoms with Crippen LogP contribution in [0.1, 0.15) is 382 Å². The van der Waals surface area contributed by atoms with Gasteiger partial charge in [0.2, 0.25) is 0 Å². The summed E-state index contributed by atoms with van der Waals surface area (Å²) in [6.07, 6.45) is 52.5. The van der Waals surface area contributed by atoms with Crippen LogP contribution in [0, 0.1) is 11.8 Å². The number of aliphatic hydroxyl groups excluding tert-OH is 1. The largest absolute Gasteiger partial charge is 0.472 e. The van der Waals surface area contributed by atoms with E-state index in [1.165, 1.54) is 199 Å². The average molecular weight is 1370 g/mol. The smallest absolute Gasteiger partial charge is 0.462 e. The molecule has 0 aromatic rings. The molecule has 0 saturated heterocycles. The van der Waals surface area contributed by atoms with Crippen LogP contribution in [0.25, 0.3) is 0 Å². The third-order valence-corrected chi connectivity index (χ3v) is 19.5. The highest BCUT2D eigenvalue weighted by molar-refractivity contribution is 7.47. The number of hydrogen-bond acceptors (Lipinski definition) is 15. The summed E-state index contributed by atoms with van der Waals surface area (Å²) in [7, 11) is -9.91. The summed E-state index contributed by atoms with van der Waals surface area (Å²) in [4.78, 5) is 72.7. The summed E-state index contributed by atoms with van der Waals surface area (Å²) in [5.41, 5.74) is 0. The van der Waals surface area contributed by atoms with E-state index in [2.05, 4.69) is 41.5 Å². The van der Waals surface area contributed by atoms with Gasteiger partial charge in [-0.05, 0) is 37.5 Å². The molecule has 0 amide bonds. The van der Waals surface area contributed by atoms with Gasteiger partial charge in [-0.25, -0.2) is 9.13 Å². The highest BCUT2D eigenvalue weighted by Gasteiger charge is 2.30. The molecular weight excluding hydrogens is 1220 g/mol. The van der Waals surface area contributed by atoms with Crippen molar-refractivity contribution < 1.29 is 80.2 Å². The maximum atomic E-state index is 13.1. The lowest BCUT2D eigenvalue weighted by atomic mass is 9.99. The predicted molar refractivity (Wildman–Crippen MR) is 377 cm³/mol. The summed E-state index contributed by atoms with van der Waals surface area (Å²) in [6.45, 7) is 9.62. The van der Waals surface area contributed by atoms with Crippen molar-refractivity contribution in [1.29, 1.82) is 0 Å². The Hall–Kier alpha value is -1.94. The molecule has 0 rings (SSSR count). The van der Waals surface area contributed by atoms with Crippen LogP contribution in [-0.2, 0) is 65.4 Å². The molecule has 3 unspecified atom stereocenters. The third-order valence-electron chi connectivity index (χ3n) is 17.6. The van der Waals surface area contributed by atoms with Crippen LogP contribution >= 0.6 is 15.6 Å². The highest BCUT2D eigenvalue weighted by atomic mass is 31.2. The first-order valence-electron chi connectivity index (χ1n) is 38.5. The zero-order chi connectivity index (χ0) is 68.6. The summed E-state index contributed by atoms with van der Waals surface area (Å²) < 4.78 is 68.4. The lowest BCUT2D eigenvalue weighted by Crippen LogP contribution is -2.30. The molecule has 0 heterocycles. The molecule has 6 atom stereocenters.